The lowest BCUT2D eigenvalue weighted by atomic mass is 10.1. The monoisotopic (exact) mass is 349 g/mol. The van der Waals surface area contributed by atoms with Crippen molar-refractivity contribution in [1.29, 1.82) is 0 Å². The molecule has 0 bridgehead atoms. The van der Waals surface area contributed by atoms with Crippen molar-refractivity contribution in [3.05, 3.63) is 58.6 Å². The van der Waals surface area contributed by atoms with Gasteiger partial charge in [-0.25, -0.2) is 0 Å². The van der Waals surface area contributed by atoms with Crippen LogP contribution in [0.4, 0.5) is 0 Å². The number of ether oxygens (including phenoxy) is 2. The number of rotatable bonds is 7. The Morgan fingerprint density at radius 3 is 2.43 bits per heavy atom. The first kappa shape index (κ1) is 15.9. The van der Waals surface area contributed by atoms with Crippen LogP contribution in [0.5, 0.6) is 11.5 Å². The number of para-hydroxylation sites is 2. The lowest BCUT2D eigenvalue weighted by Gasteiger charge is -2.16. The summed E-state index contributed by atoms with van der Waals surface area (Å²) < 4.78 is 12.1. The summed E-state index contributed by atoms with van der Waals surface area (Å²) in [5.41, 5.74) is 1.25. The van der Waals surface area contributed by atoms with Crippen LogP contribution in [0.3, 0.4) is 0 Å². The molecule has 1 N–H and O–H groups in total. The Bertz CT molecular complexity index is 574. The summed E-state index contributed by atoms with van der Waals surface area (Å²) in [6.45, 7) is 3.50. The van der Waals surface area contributed by atoms with Crippen molar-refractivity contribution in [3.8, 4) is 11.5 Å². The molecule has 0 amide bonds. The number of hydrogen-bond acceptors (Lipinski definition) is 3. The first-order chi connectivity index (χ1) is 10.2. The molecule has 0 aliphatic rings. The van der Waals surface area contributed by atoms with Gasteiger partial charge in [0, 0.05) is 17.1 Å². The first-order valence-electron chi connectivity index (χ1n) is 6.96. The van der Waals surface area contributed by atoms with Crippen LogP contribution >= 0.6 is 15.9 Å². The Balaban J connectivity index is 1.81. The molecule has 0 aliphatic carbocycles. The molecule has 2 rings (SSSR count). The Hall–Kier alpha value is -1.52. The van der Waals surface area contributed by atoms with Crippen LogP contribution in [0.25, 0.3) is 0 Å². The van der Waals surface area contributed by atoms with Gasteiger partial charge in [0.05, 0.1) is 7.11 Å². The molecule has 0 radical (unpaired) electrons. The van der Waals surface area contributed by atoms with Crippen LogP contribution < -0.4 is 14.8 Å². The average molecular weight is 350 g/mol. The second-order valence-electron chi connectivity index (χ2n) is 4.70. The second kappa shape index (κ2) is 8.05. The van der Waals surface area contributed by atoms with Crippen molar-refractivity contribution < 1.29 is 9.47 Å². The maximum atomic E-state index is 5.75. The largest absolute Gasteiger partial charge is 0.493 e. The Kier molecular flexibility index (Phi) is 6.08. The summed E-state index contributed by atoms with van der Waals surface area (Å²) in [7, 11) is 1.65. The smallest absolute Gasteiger partial charge is 0.161 e. The SMILES string of the molecule is COc1ccccc1OCCN[C@@H](C)c1ccccc1Br. The van der Waals surface area contributed by atoms with Crippen LogP contribution in [0.15, 0.2) is 53.0 Å². The fourth-order valence-corrected chi connectivity index (χ4v) is 2.74. The molecular weight excluding hydrogens is 330 g/mol. The predicted octanol–water partition coefficient (Wildman–Crippen LogP) is 4.19. The molecule has 0 aromatic heterocycles. The van der Waals surface area contributed by atoms with E-state index in [1.807, 2.05) is 36.4 Å². The molecule has 4 heteroatoms. The maximum Gasteiger partial charge on any atom is 0.161 e. The molecule has 1 atom stereocenters. The molecule has 0 spiro atoms. The summed E-state index contributed by atoms with van der Waals surface area (Å²) >= 11 is 3.57. The maximum absolute atomic E-state index is 5.75. The Morgan fingerprint density at radius 2 is 1.71 bits per heavy atom. The summed E-state index contributed by atoms with van der Waals surface area (Å²) in [6.07, 6.45) is 0. The van der Waals surface area contributed by atoms with Gasteiger partial charge in [-0.05, 0) is 30.7 Å². The van der Waals surface area contributed by atoms with Crippen molar-refractivity contribution in [2.45, 2.75) is 13.0 Å². The Labute approximate surface area is 134 Å². The van der Waals surface area contributed by atoms with Gasteiger partial charge in [-0.15, -0.1) is 0 Å². The number of benzene rings is 2. The molecule has 0 unspecified atom stereocenters. The third kappa shape index (κ3) is 4.48. The number of halogens is 1. The molecule has 21 heavy (non-hydrogen) atoms. The minimum absolute atomic E-state index is 0.266. The van der Waals surface area contributed by atoms with E-state index in [4.69, 9.17) is 9.47 Å². The standard InChI is InChI=1S/C17H20BrNO2/c1-13(14-7-3-4-8-15(14)18)19-11-12-21-17-10-6-5-9-16(17)20-2/h3-10,13,19H,11-12H2,1-2H3/t13-/m0/s1. The van der Waals surface area contributed by atoms with E-state index in [9.17, 15) is 0 Å². The van der Waals surface area contributed by atoms with Crippen molar-refractivity contribution in [1.82, 2.24) is 5.32 Å². The summed E-state index contributed by atoms with van der Waals surface area (Å²) in [6, 6.07) is 16.2. The molecule has 3 nitrogen and oxygen atoms in total. The van der Waals surface area contributed by atoms with Gasteiger partial charge in [-0.2, -0.15) is 0 Å². The highest BCUT2D eigenvalue weighted by Crippen LogP contribution is 2.26. The molecule has 0 saturated carbocycles. The van der Waals surface area contributed by atoms with E-state index in [-0.39, 0.29) is 6.04 Å². The quantitative estimate of drug-likeness (QED) is 0.760. The van der Waals surface area contributed by atoms with E-state index in [0.29, 0.717) is 6.61 Å². The zero-order chi connectivity index (χ0) is 15.1. The van der Waals surface area contributed by atoms with Crippen LogP contribution in [0.1, 0.15) is 18.5 Å². The van der Waals surface area contributed by atoms with E-state index in [1.165, 1.54) is 5.56 Å². The van der Waals surface area contributed by atoms with E-state index < -0.39 is 0 Å². The van der Waals surface area contributed by atoms with Gasteiger partial charge in [0.2, 0.25) is 0 Å². The molecular formula is C17H20BrNO2. The van der Waals surface area contributed by atoms with E-state index >= 15 is 0 Å². The van der Waals surface area contributed by atoms with Crippen molar-refractivity contribution >= 4 is 15.9 Å². The zero-order valence-corrected chi connectivity index (χ0v) is 13.9. The third-order valence-electron chi connectivity index (χ3n) is 3.25. The lowest BCUT2D eigenvalue weighted by Crippen LogP contribution is -2.24. The summed E-state index contributed by atoms with van der Waals surface area (Å²) in [5.74, 6) is 1.53. The first-order valence-corrected chi connectivity index (χ1v) is 7.75. The van der Waals surface area contributed by atoms with Crippen LogP contribution in [-0.2, 0) is 0 Å². The topological polar surface area (TPSA) is 30.5 Å². The van der Waals surface area contributed by atoms with Gasteiger partial charge in [0.25, 0.3) is 0 Å². The van der Waals surface area contributed by atoms with Gasteiger partial charge >= 0.3 is 0 Å². The van der Waals surface area contributed by atoms with Gasteiger partial charge in [0.1, 0.15) is 6.61 Å². The predicted molar refractivity (Wildman–Crippen MR) is 89.0 cm³/mol. The van der Waals surface area contributed by atoms with Crippen LogP contribution in [-0.4, -0.2) is 20.3 Å². The summed E-state index contributed by atoms with van der Waals surface area (Å²) in [5, 5.41) is 3.45. The number of hydrogen-bond donors (Lipinski definition) is 1. The highest BCUT2D eigenvalue weighted by atomic mass is 79.9. The van der Waals surface area contributed by atoms with Gasteiger partial charge in [-0.3, -0.25) is 0 Å². The third-order valence-corrected chi connectivity index (χ3v) is 3.97. The minimum Gasteiger partial charge on any atom is -0.493 e. The fraction of sp³-hybridized carbons (Fsp3) is 0.294. The lowest BCUT2D eigenvalue weighted by molar-refractivity contribution is 0.287. The van der Waals surface area contributed by atoms with Gasteiger partial charge in [-0.1, -0.05) is 46.3 Å². The van der Waals surface area contributed by atoms with Gasteiger partial charge in [0.15, 0.2) is 11.5 Å². The fourth-order valence-electron chi connectivity index (χ4n) is 2.11. The molecule has 0 heterocycles. The van der Waals surface area contributed by atoms with E-state index in [0.717, 1.165) is 22.5 Å². The molecule has 2 aromatic rings. The molecule has 0 aliphatic heterocycles. The average Bonchev–Trinajstić information content (AvgIpc) is 2.52. The van der Waals surface area contributed by atoms with E-state index in [2.05, 4.69) is 40.3 Å². The van der Waals surface area contributed by atoms with Gasteiger partial charge < -0.3 is 14.8 Å². The van der Waals surface area contributed by atoms with Crippen LogP contribution in [0, 0.1) is 0 Å². The van der Waals surface area contributed by atoms with Crippen molar-refractivity contribution in [2.24, 2.45) is 0 Å². The highest BCUT2D eigenvalue weighted by molar-refractivity contribution is 9.10. The molecule has 0 saturated heterocycles. The van der Waals surface area contributed by atoms with Crippen LogP contribution in [0.2, 0.25) is 0 Å². The molecule has 112 valence electrons. The molecule has 0 fully saturated rings. The van der Waals surface area contributed by atoms with E-state index in [1.54, 1.807) is 7.11 Å². The highest BCUT2D eigenvalue weighted by Gasteiger charge is 2.08. The zero-order valence-electron chi connectivity index (χ0n) is 12.3. The van der Waals surface area contributed by atoms with Crippen molar-refractivity contribution in [3.63, 3.8) is 0 Å². The molecule has 2 aromatic carbocycles. The summed E-state index contributed by atoms with van der Waals surface area (Å²) in [4.78, 5) is 0. The minimum atomic E-state index is 0.266. The number of methoxy groups -OCH3 is 1. The Morgan fingerprint density at radius 1 is 1.05 bits per heavy atom. The number of nitrogens with one attached hydrogen (secondary N) is 1. The second-order valence-corrected chi connectivity index (χ2v) is 5.55. The van der Waals surface area contributed by atoms with Crippen molar-refractivity contribution in [2.75, 3.05) is 20.3 Å². The normalized spacial score (nSPS) is 12.0.